The third-order valence-electron chi connectivity index (χ3n) is 4.61. The second-order valence-electron chi connectivity index (χ2n) is 6.71. The van der Waals surface area contributed by atoms with Crippen molar-refractivity contribution in [2.45, 2.75) is 25.1 Å². The second kappa shape index (κ2) is 8.77. The Balaban J connectivity index is 1.58. The van der Waals surface area contributed by atoms with Gasteiger partial charge >= 0.3 is 0 Å². The summed E-state index contributed by atoms with van der Waals surface area (Å²) in [5.74, 6) is 2.40. The van der Waals surface area contributed by atoms with Gasteiger partial charge in [0.1, 0.15) is 30.0 Å². The summed E-state index contributed by atoms with van der Waals surface area (Å²) in [6.07, 6.45) is 1.39. The van der Waals surface area contributed by atoms with Crippen molar-refractivity contribution in [2.75, 3.05) is 31.8 Å². The second-order valence-corrected chi connectivity index (χ2v) is 8.93. The van der Waals surface area contributed by atoms with Gasteiger partial charge in [0, 0.05) is 12.6 Å². The Bertz CT molecular complexity index is 803. The van der Waals surface area contributed by atoms with Crippen molar-refractivity contribution >= 4 is 9.84 Å². The van der Waals surface area contributed by atoms with E-state index < -0.39 is 15.9 Å². The molecule has 0 aliphatic carbocycles. The number of furan rings is 1. The standard InChI is InChI=1S/C19H25NO6S/c1-24-17-4-6-18(7-5-17)26-13-16(21)11-20(12-19-3-2-9-25-19)15-8-10-27(22,23)14-15/h2-7,9,15-16,21H,8,10-14H2,1H3/t15-,16-/m0/s1. The highest BCUT2D eigenvalue weighted by Crippen LogP contribution is 2.21. The summed E-state index contributed by atoms with van der Waals surface area (Å²) >= 11 is 0. The Hall–Kier alpha value is -2.03. The molecule has 1 N–H and O–H groups in total. The SMILES string of the molecule is COc1ccc(OC[C@@H](O)CN(Cc2ccco2)[C@H]2CCS(=O)(=O)C2)cc1. The molecule has 0 saturated carbocycles. The third kappa shape index (κ3) is 5.72. The molecule has 1 saturated heterocycles. The van der Waals surface area contributed by atoms with E-state index in [1.54, 1.807) is 43.7 Å². The molecule has 0 spiro atoms. The van der Waals surface area contributed by atoms with Gasteiger partial charge in [-0.3, -0.25) is 4.90 Å². The fourth-order valence-corrected chi connectivity index (χ4v) is 4.96. The quantitative estimate of drug-likeness (QED) is 0.691. The maximum absolute atomic E-state index is 11.8. The minimum absolute atomic E-state index is 0.111. The molecular formula is C19H25NO6S. The van der Waals surface area contributed by atoms with Gasteiger partial charge in [-0.05, 0) is 42.8 Å². The van der Waals surface area contributed by atoms with E-state index in [4.69, 9.17) is 13.9 Å². The monoisotopic (exact) mass is 395 g/mol. The van der Waals surface area contributed by atoms with E-state index in [1.807, 2.05) is 11.0 Å². The molecule has 0 amide bonds. The fourth-order valence-electron chi connectivity index (χ4n) is 3.20. The number of ether oxygens (including phenoxy) is 2. The molecule has 2 atom stereocenters. The van der Waals surface area contributed by atoms with Crippen molar-refractivity contribution in [1.82, 2.24) is 4.90 Å². The summed E-state index contributed by atoms with van der Waals surface area (Å²) in [6.45, 7) is 0.865. The van der Waals surface area contributed by atoms with Crippen LogP contribution in [-0.2, 0) is 16.4 Å². The summed E-state index contributed by atoms with van der Waals surface area (Å²) in [4.78, 5) is 1.96. The normalized spacial score (nSPS) is 19.9. The number of nitrogens with zero attached hydrogens (tertiary/aromatic N) is 1. The zero-order valence-corrected chi connectivity index (χ0v) is 16.1. The average Bonchev–Trinajstić information content (AvgIpc) is 3.29. The van der Waals surface area contributed by atoms with Gasteiger partial charge in [-0.1, -0.05) is 0 Å². The van der Waals surface area contributed by atoms with Gasteiger partial charge in [0.25, 0.3) is 0 Å². The highest BCUT2D eigenvalue weighted by molar-refractivity contribution is 7.91. The molecule has 1 fully saturated rings. The van der Waals surface area contributed by atoms with Gasteiger partial charge in [-0.2, -0.15) is 0 Å². The molecule has 0 bridgehead atoms. The number of benzene rings is 1. The Morgan fingerprint density at radius 2 is 2.00 bits per heavy atom. The molecule has 2 heterocycles. The van der Waals surface area contributed by atoms with Crippen LogP contribution >= 0.6 is 0 Å². The van der Waals surface area contributed by atoms with E-state index in [0.29, 0.717) is 25.3 Å². The van der Waals surface area contributed by atoms with Crippen LogP contribution in [0, 0.1) is 0 Å². The molecule has 0 unspecified atom stereocenters. The van der Waals surface area contributed by atoms with Gasteiger partial charge in [0.2, 0.25) is 0 Å². The maximum Gasteiger partial charge on any atom is 0.151 e. The number of aliphatic hydroxyl groups is 1. The summed E-state index contributed by atoms with van der Waals surface area (Å²) < 4.78 is 39.8. The summed E-state index contributed by atoms with van der Waals surface area (Å²) in [7, 11) is -1.42. The van der Waals surface area contributed by atoms with Crippen molar-refractivity contribution in [3.05, 3.63) is 48.4 Å². The Morgan fingerprint density at radius 1 is 1.26 bits per heavy atom. The van der Waals surface area contributed by atoms with E-state index >= 15 is 0 Å². The maximum atomic E-state index is 11.8. The largest absolute Gasteiger partial charge is 0.497 e. The lowest BCUT2D eigenvalue weighted by Gasteiger charge is -2.29. The smallest absolute Gasteiger partial charge is 0.151 e. The number of aliphatic hydroxyl groups excluding tert-OH is 1. The number of hydrogen-bond donors (Lipinski definition) is 1. The van der Waals surface area contributed by atoms with E-state index in [1.165, 1.54) is 0 Å². The number of sulfone groups is 1. The fraction of sp³-hybridized carbons (Fsp3) is 0.474. The lowest BCUT2D eigenvalue weighted by Crippen LogP contribution is -2.42. The molecule has 2 aromatic rings. The van der Waals surface area contributed by atoms with Crippen LogP contribution in [0.4, 0.5) is 0 Å². The number of rotatable bonds is 9. The zero-order valence-electron chi connectivity index (χ0n) is 15.3. The van der Waals surface area contributed by atoms with Gasteiger partial charge in [0.05, 0.1) is 31.4 Å². The highest BCUT2D eigenvalue weighted by Gasteiger charge is 2.33. The van der Waals surface area contributed by atoms with E-state index in [9.17, 15) is 13.5 Å². The van der Waals surface area contributed by atoms with Crippen LogP contribution in [0.5, 0.6) is 11.5 Å². The van der Waals surface area contributed by atoms with Crippen molar-refractivity contribution in [3.8, 4) is 11.5 Å². The van der Waals surface area contributed by atoms with E-state index in [0.717, 1.165) is 11.5 Å². The van der Waals surface area contributed by atoms with Gasteiger partial charge in [-0.15, -0.1) is 0 Å². The predicted octanol–water partition coefficient (Wildman–Crippen LogP) is 1.72. The molecule has 3 rings (SSSR count). The molecule has 1 aliphatic heterocycles. The molecular weight excluding hydrogens is 370 g/mol. The molecule has 1 aliphatic rings. The Kier molecular flexibility index (Phi) is 6.41. The minimum Gasteiger partial charge on any atom is -0.497 e. The summed E-state index contributed by atoms with van der Waals surface area (Å²) in [5.41, 5.74) is 0. The molecule has 8 heteroatoms. The molecule has 27 heavy (non-hydrogen) atoms. The van der Waals surface area contributed by atoms with Crippen LogP contribution in [0.15, 0.2) is 47.1 Å². The van der Waals surface area contributed by atoms with Gasteiger partial charge in [0.15, 0.2) is 9.84 Å². The van der Waals surface area contributed by atoms with Gasteiger partial charge in [-0.25, -0.2) is 8.42 Å². The first kappa shape index (κ1) is 19.7. The minimum atomic E-state index is -3.01. The van der Waals surface area contributed by atoms with Crippen LogP contribution in [0.25, 0.3) is 0 Å². The van der Waals surface area contributed by atoms with E-state index in [-0.39, 0.29) is 24.2 Å². The molecule has 1 aromatic heterocycles. The molecule has 0 radical (unpaired) electrons. The molecule has 1 aromatic carbocycles. The summed E-state index contributed by atoms with van der Waals surface area (Å²) in [6, 6.07) is 10.6. The number of methoxy groups -OCH3 is 1. The first-order chi connectivity index (χ1) is 12.9. The van der Waals surface area contributed by atoms with Crippen LogP contribution in [-0.4, -0.2) is 62.3 Å². The van der Waals surface area contributed by atoms with Crippen molar-refractivity contribution in [2.24, 2.45) is 0 Å². The van der Waals surface area contributed by atoms with Crippen molar-refractivity contribution in [1.29, 1.82) is 0 Å². The van der Waals surface area contributed by atoms with Crippen molar-refractivity contribution in [3.63, 3.8) is 0 Å². The zero-order chi connectivity index (χ0) is 19.3. The topological polar surface area (TPSA) is 89.2 Å². The third-order valence-corrected chi connectivity index (χ3v) is 6.36. The lowest BCUT2D eigenvalue weighted by atomic mass is 10.2. The van der Waals surface area contributed by atoms with Gasteiger partial charge < -0.3 is 19.0 Å². The molecule has 7 nitrogen and oxygen atoms in total. The van der Waals surface area contributed by atoms with E-state index in [2.05, 4.69) is 0 Å². The van der Waals surface area contributed by atoms with Crippen LogP contribution < -0.4 is 9.47 Å². The molecule has 148 valence electrons. The summed E-state index contributed by atoms with van der Waals surface area (Å²) in [5, 5.41) is 10.4. The predicted molar refractivity (Wildman–Crippen MR) is 101 cm³/mol. The highest BCUT2D eigenvalue weighted by atomic mass is 32.2. The Labute approximate surface area is 159 Å². The van der Waals surface area contributed by atoms with Crippen LogP contribution in [0.2, 0.25) is 0 Å². The van der Waals surface area contributed by atoms with Crippen molar-refractivity contribution < 1.29 is 27.4 Å². The van der Waals surface area contributed by atoms with Crippen LogP contribution in [0.1, 0.15) is 12.2 Å². The van der Waals surface area contributed by atoms with Crippen LogP contribution in [0.3, 0.4) is 0 Å². The Morgan fingerprint density at radius 3 is 2.59 bits per heavy atom. The first-order valence-corrected chi connectivity index (χ1v) is 10.7. The lowest BCUT2D eigenvalue weighted by molar-refractivity contribution is 0.0497. The first-order valence-electron chi connectivity index (χ1n) is 8.87. The average molecular weight is 395 g/mol. The number of hydrogen-bond acceptors (Lipinski definition) is 7.